The van der Waals surface area contributed by atoms with Crippen molar-refractivity contribution in [1.29, 1.82) is 0 Å². The number of nitrogens with one attached hydrogen (secondary N) is 1. The minimum atomic E-state index is -0.219. The van der Waals surface area contributed by atoms with Crippen LogP contribution in [0.3, 0.4) is 0 Å². The molecule has 19 heavy (non-hydrogen) atoms. The van der Waals surface area contributed by atoms with Gasteiger partial charge in [0.05, 0.1) is 6.61 Å². The fraction of sp³-hybridized carbons (Fsp3) is 0.600. The molecule has 1 saturated heterocycles. The second-order valence-corrected chi connectivity index (χ2v) is 6.19. The topological polar surface area (TPSA) is 21.3 Å². The van der Waals surface area contributed by atoms with Crippen LogP contribution in [0.2, 0.25) is 5.02 Å². The summed E-state index contributed by atoms with van der Waals surface area (Å²) in [5.74, 6) is -0.219. The van der Waals surface area contributed by atoms with E-state index in [9.17, 15) is 4.39 Å². The standard InChI is InChI=1S/C15H21ClFNO/c1-11(2)18-9-15(5-6-19-10-15)8-12-3-4-13(16)7-14(12)17/h3-4,7,11,18H,5-6,8-10H2,1-2H3. The van der Waals surface area contributed by atoms with Gasteiger partial charge < -0.3 is 10.1 Å². The molecule has 1 aliphatic heterocycles. The summed E-state index contributed by atoms with van der Waals surface area (Å²) in [5, 5.41) is 3.89. The van der Waals surface area contributed by atoms with E-state index < -0.39 is 0 Å². The summed E-state index contributed by atoms with van der Waals surface area (Å²) < 4.78 is 19.5. The molecule has 1 aliphatic rings. The van der Waals surface area contributed by atoms with Crippen LogP contribution in [0.5, 0.6) is 0 Å². The molecule has 1 atom stereocenters. The van der Waals surface area contributed by atoms with Gasteiger partial charge in [0.25, 0.3) is 0 Å². The molecule has 0 radical (unpaired) electrons. The highest BCUT2D eigenvalue weighted by Gasteiger charge is 2.35. The van der Waals surface area contributed by atoms with Crippen LogP contribution in [0.15, 0.2) is 18.2 Å². The first-order valence-corrected chi connectivity index (χ1v) is 7.14. The lowest BCUT2D eigenvalue weighted by atomic mass is 9.80. The SMILES string of the molecule is CC(C)NCC1(Cc2ccc(Cl)cc2F)CCOC1. The van der Waals surface area contributed by atoms with Gasteiger partial charge in [0, 0.05) is 29.6 Å². The van der Waals surface area contributed by atoms with E-state index in [2.05, 4.69) is 19.2 Å². The molecule has 2 nitrogen and oxygen atoms in total. The highest BCUT2D eigenvalue weighted by atomic mass is 35.5. The number of halogens is 2. The molecule has 1 aromatic rings. The summed E-state index contributed by atoms with van der Waals surface area (Å²) in [6.45, 7) is 6.54. The summed E-state index contributed by atoms with van der Waals surface area (Å²) in [7, 11) is 0. The van der Waals surface area contributed by atoms with Crippen molar-refractivity contribution in [3.05, 3.63) is 34.6 Å². The smallest absolute Gasteiger partial charge is 0.127 e. The first kappa shape index (κ1) is 14.8. The van der Waals surface area contributed by atoms with Crippen molar-refractivity contribution in [2.45, 2.75) is 32.7 Å². The lowest BCUT2D eigenvalue weighted by Crippen LogP contribution is -2.39. The minimum Gasteiger partial charge on any atom is -0.381 e. The van der Waals surface area contributed by atoms with Crippen LogP contribution < -0.4 is 5.32 Å². The van der Waals surface area contributed by atoms with Crippen LogP contribution in [-0.4, -0.2) is 25.8 Å². The monoisotopic (exact) mass is 285 g/mol. The maximum atomic E-state index is 13.9. The van der Waals surface area contributed by atoms with Crippen LogP contribution in [0.1, 0.15) is 25.8 Å². The Morgan fingerprint density at radius 2 is 2.26 bits per heavy atom. The number of ether oxygens (including phenoxy) is 1. The molecule has 1 heterocycles. The summed E-state index contributed by atoms with van der Waals surface area (Å²) in [5.41, 5.74) is 0.722. The van der Waals surface area contributed by atoms with Crippen molar-refractivity contribution in [1.82, 2.24) is 5.32 Å². The van der Waals surface area contributed by atoms with Gasteiger partial charge in [-0.2, -0.15) is 0 Å². The van der Waals surface area contributed by atoms with Gasteiger partial charge in [-0.15, -0.1) is 0 Å². The van der Waals surface area contributed by atoms with E-state index in [0.29, 0.717) is 24.1 Å². The molecule has 4 heteroatoms. The van der Waals surface area contributed by atoms with Crippen molar-refractivity contribution in [3.63, 3.8) is 0 Å². The zero-order valence-corrected chi connectivity index (χ0v) is 12.3. The van der Waals surface area contributed by atoms with Crippen LogP contribution >= 0.6 is 11.6 Å². The number of hydrogen-bond donors (Lipinski definition) is 1. The van der Waals surface area contributed by atoms with Gasteiger partial charge in [-0.1, -0.05) is 31.5 Å². The summed E-state index contributed by atoms with van der Waals surface area (Å²) in [4.78, 5) is 0. The molecule has 106 valence electrons. The Balaban J connectivity index is 2.11. The lowest BCUT2D eigenvalue weighted by Gasteiger charge is -2.29. The molecule has 0 spiro atoms. The second-order valence-electron chi connectivity index (χ2n) is 5.75. The van der Waals surface area contributed by atoms with Crippen molar-refractivity contribution in [2.24, 2.45) is 5.41 Å². The molecule has 1 unspecified atom stereocenters. The third-order valence-corrected chi connectivity index (χ3v) is 3.89. The molecular weight excluding hydrogens is 265 g/mol. The molecule has 1 aromatic carbocycles. The molecule has 2 rings (SSSR count). The zero-order valence-electron chi connectivity index (χ0n) is 11.5. The molecule has 1 N–H and O–H groups in total. The Bertz CT molecular complexity index is 430. The van der Waals surface area contributed by atoms with Crippen LogP contribution in [-0.2, 0) is 11.2 Å². The van der Waals surface area contributed by atoms with Gasteiger partial charge in [0.2, 0.25) is 0 Å². The van der Waals surface area contributed by atoms with E-state index in [1.807, 2.05) is 0 Å². The van der Waals surface area contributed by atoms with Gasteiger partial charge in [0.1, 0.15) is 5.82 Å². The highest BCUT2D eigenvalue weighted by molar-refractivity contribution is 6.30. The Hall–Kier alpha value is -0.640. The second kappa shape index (κ2) is 6.21. The van der Waals surface area contributed by atoms with Gasteiger partial charge >= 0.3 is 0 Å². The van der Waals surface area contributed by atoms with Gasteiger partial charge in [-0.25, -0.2) is 4.39 Å². The summed E-state index contributed by atoms with van der Waals surface area (Å²) >= 11 is 5.79. The normalized spacial score (nSPS) is 23.2. The summed E-state index contributed by atoms with van der Waals surface area (Å²) in [6, 6.07) is 5.34. The molecule has 0 amide bonds. The highest BCUT2D eigenvalue weighted by Crippen LogP contribution is 2.33. The number of hydrogen-bond acceptors (Lipinski definition) is 2. The molecule has 0 aromatic heterocycles. The van der Waals surface area contributed by atoms with Crippen molar-refractivity contribution >= 4 is 11.6 Å². The molecule has 0 aliphatic carbocycles. The van der Waals surface area contributed by atoms with E-state index in [-0.39, 0.29) is 11.2 Å². The fourth-order valence-electron chi connectivity index (χ4n) is 2.48. The van der Waals surface area contributed by atoms with Gasteiger partial charge in [-0.3, -0.25) is 0 Å². The average Bonchev–Trinajstić information content (AvgIpc) is 2.80. The van der Waals surface area contributed by atoms with E-state index in [0.717, 1.165) is 25.1 Å². The molecular formula is C15H21ClFNO. The number of benzene rings is 1. The van der Waals surface area contributed by atoms with Gasteiger partial charge in [0.15, 0.2) is 0 Å². The predicted octanol–water partition coefficient (Wildman–Crippen LogP) is 3.43. The Kier molecular flexibility index (Phi) is 4.82. The van der Waals surface area contributed by atoms with E-state index in [1.54, 1.807) is 12.1 Å². The first-order chi connectivity index (χ1) is 9.01. The number of rotatable bonds is 5. The van der Waals surface area contributed by atoms with E-state index >= 15 is 0 Å². The van der Waals surface area contributed by atoms with Crippen LogP contribution in [0.25, 0.3) is 0 Å². The Morgan fingerprint density at radius 3 is 2.84 bits per heavy atom. The van der Waals surface area contributed by atoms with Crippen molar-refractivity contribution < 1.29 is 9.13 Å². The largest absolute Gasteiger partial charge is 0.381 e. The quantitative estimate of drug-likeness (QED) is 0.895. The molecule has 0 bridgehead atoms. The molecule has 0 saturated carbocycles. The Labute approximate surface area is 119 Å². The van der Waals surface area contributed by atoms with E-state index in [1.165, 1.54) is 6.07 Å². The lowest BCUT2D eigenvalue weighted by molar-refractivity contribution is 0.147. The van der Waals surface area contributed by atoms with Crippen LogP contribution in [0.4, 0.5) is 4.39 Å². The van der Waals surface area contributed by atoms with Crippen molar-refractivity contribution in [3.8, 4) is 0 Å². The fourth-order valence-corrected chi connectivity index (χ4v) is 2.64. The zero-order chi connectivity index (χ0) is 13.9. The Morgan fingerprint density at radius 1 is 1.47 bits per heavy atom. The maximum Gasteiger partial charge on any atom is 0.127 e. The van der Waals surface area contributed by atoms with E-state index in [4.69, 9.17) is 16.3 Å². The maximum absolute atomic E-state index is 13.9. The predicted molar refractivity (Wildman–Crippen MR) is 76.1 cm³/mol. The average molecular weight is 286 g/mol. The summed E-state index contributed by atoms with van der Waals surface area (Å²) in [6.07, 6.45) is 1.66. The van der Waals surface area contributed by atoms with Crippen LogP contribution in [0, 0.1) is 11.2 Å². The molecule has 1 fully saturated rings. The third kappa shape index (κ3) is 3.91. The first-order valence-electron chi connectivity index (χ1n) is 6.76. The minimum absolute atomic E-state index is 0.00105. The van der Waals surface area contributed by atoms with Gasteiger partial charge in [-0.05, 0) is 30.5 Å². The van der Waals surface area contributed by atoms with Crippen molar-refractivity contribution in [2.75, 3.05) is 19.8 Å². The third-order valence-electron chi connectivity index (χ3n) is 3.65.